The highest BCUT2D eigenvalue weighted by atomic mass is 35.5. The lowest BCUT2D eigenvalue weighted by molar-refractivity contribution is 0.142. The molecule has 1 atom stereocenters. The third-order valence-electron chi connectivity index (χ3n) is 1.95. The average Bonchev–Trinajstić information content (AvgIpc) is 2.08. The monoisotopic (exact) mass is 204 g/mol. The van der Waals surface area contributed by atoms with Crippen molar-refractivity contribution < 1.29 is 8.78 Å². The van der Waals surface area contributed by atoms with Crippen LogP contribution in [0.2, 0.25) is 0 Å². The van der Waals surface area contributed by atoms with Crippen LogP contribution in [0.4, 0.5) is 8.78 Å². The molecule has 1 unspecified atom stereocenters. The lowest BCUT2D eigenvalue weighted by atomic mass is 10.0. The summed E-state index contributed by atoms with van der Waals surface area (Å²) >= 11 is 5.57. The third-order valence-corrected chi connectivity index (χ3v) is 2.38. The van der Waals surface area contributed by atoms with E-state index in [1.54, 1.807) is 13.0 Å². The van der Waals surface area contributed by atoms with Gasteiger partial charge in [0, 0.05) is 0 Å². The molecule has 0 saturated heterocycles. The number of alkyl halides is 3. The molecule has 0 aliphatic heterocycles. The van der Waals surface area contributed by atoms with Crippen molar-refractivity contribution in [3.05, 3.63) is 34.9 Å². The molecule has 0 nitrogen and oxygen atoms in total. The molecular weight excluding hydrogens is 194 g/mol. The van der Waals surface area contributed by atoms with Crippen molar-refractivity contribution in [1.82, 2.24) is 0 Å². The van der Waals surface area contributed by atoms with Crippen LogP contribution >= 0.6 is 11.6 Å². The number of hydrogen-bond donors (Lipinski definition) is 0. The Hall–Kier alpha value is -0.630. The van der Waals surface area contributed by atoms with Crippen molar-refractivity contribution in [2.24, 2.45) is 0 Å². The molecule has 1 aromatic rings. The molecule has 1 rings (SSSR count). The first-order valence-corrected chi connectivity index (χ1v) is 4.45. The van der Waals surface area contributed by atoms with Crippen molar-refractivity contribution in [3.8, 4) is 0 Å². The molecule has 0 aromatic heterocycles. The number of benzene rings is 1. The summed E-state index contributed by atoms with van der Waals surface area (Å²) in [4.78, 5) is 0. The molecule has 0 radical (unpaired) electrons. The fraction of sp³-hybridized carbons (Fsp3) is 0.400. The Bertz CT molecular complexity index is 297. The van der Waals surface area contributed by atoms with Crippen LogP contribution in [0.25, 0.3) is 0 Å². The first-order chi connectivity index (χ1) is 6.02. The SMILES string of the molecule is Cc1ccc(C)c(C(Cl)C(F)F)c1. The average molecular weight is 205 g/mol. The Morgan fingerprint density at radius 1 is 1.23 bits per heavy atom. The first kappa shape index (κ1) is 10.5. The summed E-state index contributed by atoms with van der Waals surface area (Å²) in [6.07, 6.45) is -2.51. The zero-order chi connectivity index (χ0) is 10.0. The van der Waals surface area contributed by atoms with Crippen LogP contribution in [0.5, 0.6) is 0 Å². The molecule has 0 spiro atoms. The number of halogens is 3. The molecular formula is C10H11ClF2. The minimum Gasteiger partial charge on any atom is -0.208 e. The second-order valence-corrected chi connectivity index (χ2v) is 3.57. The van der Waals surface area contributed by atoms with E-state index in [9.17, 15) is 8.78 Å². The number of aryl methyl sites for hydroxylation is 2. The second kappa shape index (κ2) is 4.05. The Balaban J connectivity index is 3.05. The summed E-state index contributed by atoms with van der Waals surface area (Å²) in [6, 6.07) is 5.40. The van der Waals surface area contributed by atoms with Crippen molar-refractivity contribution in [1.29, 1.82) is 0 Å². The first-order valence-electron chi connectivity index (χ1n) is 4.01. The van der Waals surface area contributed by atoms with Crippen LogP contribution in [0, 0.1) is 13.8 Å². The highest BCUT2D eigenvalue weighted by Crippen LogP contribution is 2.30. The molecule has 0 aliphatic rings. The lowest BCUT2D eigenvalue weighted by Gasteiger charge is -2.12. The van der Waals surface area contributed by atoms with E-state index in [1.807, 2.05) is 19.1 Å². The van der Waals surface area contributed by atoms with Crippen molar-refractivity contribution in [2.45, 2.75) is 25.7 Å². The summed E-state index contributed by atoms with van der Waals surface area (Å²) in [7, 11) is 0. The molecule has 72 valence electrons. The predicted molar refractivity (Wildman–Crippen MR) is 50.5 cm³/mol. The minimum atomic E-state index is -2.51. The van der Waals surface area contributed by atoms with Gasteiger partial charge in [-0.25, -0.2) is 8.78 Å². The van der Waals surface area contributed by atoms with Gasteiger partial charge in [0.15, 0.2) is 0 Å². The molecule has 0 saturated carbocycles. The van der Waals surface area contributed by atoms with E-state index in [4.69, 9.17) is 11.6 Å². The number of hydrogen-bond acceptors (Lipinski definition) is 0. The molecule has 0 fully saturated rings. The van der Waals surface area contributed by atoms with E-state index in [0.29, 0.717) is 5.56 Å². The van der Waals surface area contributed by atoms with Gasteiger partial charge in [-0.15, -0.1) is 11.6 Å². The van der Waals surface area contributed by atoms with Gasteiger partial charge in [-0.3, -0.25) is 0 Å². The standard InChI is InChI=1S/C10H11ClF2/c1-6-3-4-7(2)8(5-6)9(11)10(12)13/h3-5,9-10H,1-2H3. The molecule has 0 N–H and O–H groups in total. The van der Waals surface area contributed by atoms with Gasteiger partial charge >= 0.3 is 0 Å². The maximum atomic E-state index is 12.3. The smallest absolute Gasteiger partial charge is 0.208 e. The quantitative estimate of drug-likeness (QED) is 0.642. The maximum absolute atomic E-state index is 12.3. The van der Waals surface area contributed by atoms with E-state index in [0.717, 1.165) is 11.1 Å². The summed E-state index contributed by atoms with van der Waals surface area (Å²) in [5, 5.41) is -1.19. The Morgan fingerprint density at radius 2 is 1.85 bits per heavy atom. The van der Waals surface area contributed by atoms with Crippen molar-refractivity contribution >= 4 is 11.6 Å². The summed E-state index contributed by atoms with van der Waals surface area (Å²) in [5.74, 6) is 0. The topological polar surface area (TPSA) is 0 Å². The van der Waals surface area contributed by atoms with Gasteiger partial charge < -0.3 is 0 Å². The molecule has 13 heavy (non-hydrogen) atoms. The van der Waals surface area contributed by atoms with Crippen LogP contribution in [0.1, 0.15) is 22.1 Å². The second-order valence-electron chi connectivity index (χ2n) is 3.10. The highest BCUT2D eigenvalue weighted by Gasteiger charge is 2.20. The normalized spacial score (nSPS) is 13.4. The van der Waals surface area contributed by atoms with Gasteiger partial charge in [0.1, 0.15) is 5.38 Å². The van der Waals surface area contributed by atoms with Gasteiger partial charge in [-0.1, -0.05) is 23.8 Å². The predicted octanol–water partition coefficient (Wildman–Crippen LogP) is 3.85. The van der Waals surface area contributed by atoms with E-state index < -0.39 is 11.8 Å². The summed E-state index contributed by atoms with van der Waals surface area (Å²) in [6.45, 7) is 3.64. The lowest BCUT2D eigenvalue weighted by Crippen LogP contribution is -2.04. The van der Waals surface area contributed by atoms with Gasteiger partial charge in [0.25, 0.3) is 6.43 Å². The maximum Gasteiger partial charge on any atom is 0.258 e. The Morgan fingerprint density at radius 3 is 2.38 bits per heavy atom. The molecule has 0 bridgehead atoms. The van der Waals surface area contributed by atoms with E-state index in [1.165, 1.54) is 0 Å². The molecule has 1 aromatic carbocycles. The Labute approximate surface area is 81.5 Å². The summed E-state index contributed by atoms with van der Waals surface area (Å²) < 4.78 is 24.6. The van der Waals surface area contributed by atoms with Gasteiger partial charge in [-0.05, 0) is 25.0 Å². The van der Waals surface area contributed by atoms with Crippen LogP contribution in [0.3, 0.4) is 0 Å². The molecule has 0 heterocycles. The highest BCUT2D eigenvalue weighted by molar-refractivity contribution is 6.21. The van der Waals surface area contributed by atoms with Gasteiger partial charge in [0.05, 0.1) is 0 Å². The van der Waals surface area contributed by atoms with Gasteiger partial charge in [-0.2, -0.15) is 0 Å². The Kier molecular flexibility index (Phi) is 3.26. The van der Waals surface area contributed by atoms with Crippen LogP contribution in [0.15, 0.2) is 18.2 Å². The van der Waals surface area contributed by atoms with E-state index in [2.05, 4.69) is 0 Å². The van der Waals surface area contributed by atoms with E-state index >= 15 is 0 Å². The number of rotatable bonds is 2. The minimum absolute atomic E-state index is 0.525. The fourth-order valence-corrected chi connectivity index (χ4v) is 1.43. The van der Waals surface area contributed by atoms with Crippen LogP contribution in [-0.4, -0.2) is 6.43 Å². The van der Waals surface area contributed by atoms with Crippen LogP contribution in [-0.2, 0) is 0 Å². The zero-order valence-corrected chi connectivity index (χ0v) is 8.28. The van der Waals surface area contributed by atoms with Crippen LogP contribution < -0.4 is 0 Å². The molecule has 0 amide bonds. The molecule has 3 heteroatoms. The fourth-order valence-electron chi connectivity index (χ4n) is 1.19. The van der Waals surface area contributed by atoms with E-state index in [-0.39, 0.29) is 0 Å². The molecule has 0 aliphatic carbocycles. The zero-order valence-electron chi connectivity index (χ0n) is 7.52. The summed E-state index contributed by atoms with van der Waals surface area (Å²) in [5.41, 5.74) is 2.29. The largest absolute Gasteiger partial charge is 0.258 e. The van der Waals surface area contributed by atoms with Crippen molar-refractivity contribution in [3.63, 3.8) is 0 Å². The third kappa shape index (κ3) is 2.41. The van der Waals surface area contributed by atoms with Crippen molar-refractivity contribution in [2.75, 3.05) is 0 Å². The van der Waals surface area contributed by atoms with Gasteiger partial charge in [0.2, 0.25) is 0 Å².